The summed E-state index contributed by atoms with van der Waals surface area (Å²) >= 11 is 0. The summed E-state index contributed by atoms with van der Waals surface area (Å²) in [5, 5.41) is 3.71. The monoisotopic (exact) mass is 799 g/mol. The number of aryl methyl sites for hydroxylation is 2. The zero-order valence-electron chi connectivity index (χ0n) is 36.9. The predicted molar refractivity (Wildman–Crippen MR) is 259 cm³/mol. The van der Waals surface area contributed by atoms with Gasteiger partial charge in [0.1, 0.15) is 0 Å². The maximum Gasteiger partial charge on any atom is 0.234 e. The molecule has 0 aliphatic heterocycles. The average molecular weight is 799 g/mol. The van der Waals surface area contributed by atoms with E-state index in [-0.39, 0.29) is 0 Å². The van der Waals surface area contributed by atoms with Gasteiger partial charge in [-0.05, 0) is 80.6 Å². The van der Waals surface area contributed by atoms with Crippen LogP contribution in [0.5, 0.6) is 0 Å². The van der Waals surface area contributed by atoms with E-state index in [2.05, 4.69) is 62.4 Å². The quantitative estimate of drug-likeness (QED) is 0.0295. The molecule has 0 amide bonds. The number of unbranched alkanes of at least 4 members (excludes halogenated alkanes) is 18. The highest BCUT2D eigenvalue weighted by atomic mass is 16.2. The Kier molecular flexibility index (Phi) is 18.2. The van der Waals surface area contributed by atoms with Crippen molar-refractivity contribution in [1.29, 1.82) is 0 Å². The second-order valence-electron chi connectivity index (χ2n) is 17.3. The Labute approximate surface area is 362 Å². The number of carbonyl (C=O) groups is 2. The molecule has 0 N–H and O–H groups in total. The Morgan fingerprint density at radius 1 is 0.350 bits per heavy atom. The summed E-state index contributed by atoms with van der Waals surface area (Å²) in [6, 6.07) is 41.6. The molecular formula is C58H70O2. The molecule has 6 aromatic rings. The van der Waals surface area contributed by atoms with Crippen LogP contribution in [-0.4, -0.2) is 11.6 Å². The van der Waals surface area contributed by atoms with Gasteiger partial charge in [-0.1, -0.05) is 251 Å². The third-order valence-electron chi connectivity index (χ3n) is 12.6. The van der Waals surface area contributed by atoms with Crippen molar-refractivity contribution in [2.45, 2.75) is 155 Å². The summed E-state index contributed by atoms with van der Waals surface area (Å²) in [5.41, 5.74) is 7.18. The maximum atomic E-state index is 15.5. The van der Waals surface area contributed by atoms with Crippen LogP contribution in [0.1, 0.15) is 174 Å². The number of benzene rings is 6. The molecule has 0 saturated carbocycles. The minimum atomic E-state index is -0.423. The van der Waals surface area contributed by atoms with Crippen molar-refractivity contribution in [2.24, 2.45) is 0 Å². The standard InChI is InChI=1S/C58H70O2/c1-3-5-7-9-11-13-15-17-19-23-39-49-43-47-37-29-31-41-51(47)55(53(49)45-33-25-21-26-34-45)57(59)58(60)56-52-42-32-30-38-48(52)44-50(54(56)46-35-27-22-28-36-46)40-24-20-18-16-14-12-10-8-6-4-2/h21-22,25-38,41-44H,3-20,23-24,39-40H2,1-2H3. The van der Waals surface area contributed by atoms with Crippen LogP contribution in [-0.2, 0) is 12.8 Å². The van der Waals surface area contributed by atoms with E-state index in [9.17, 15) is 0 Å². The van der Waals surface area contributed by atoms with Crippen molar-refractivity contribution in [3.05, 3.63) is 144 Å². The van der Waals surface area contributed by atoms with E-state index in [0.29, 0.717) is 11.1 Å². The van der Waals surface area contributed by atoms with Crippen molar-refractivity contribution in [3.63, 3.8) is 0 Å². The van der Waals surface area contributed by atoms with Crippen LogP contribution in [0.2, 0.25) is 0 Å². The minimum Gasteiger partial charge on any atom is -0.285 e. The molecule has 0 radical (unpaired) electrons. The third-order valence-corrected chi connectivity index (χ3v) is 12.6. The SMILES string of the molecule is CCCCCCCCCCCCc1cc2ccccc2c(C(=O)C(=O)c2c(-c3ccccc3)c(CCCCCCCCCCCC)cc3ccccc23)c1-c1ccccc1. The summed E-state index contributed by atoms with van der Waals surface area (Å²) in [5.74, 6) is -0.846. The second kappa shape index (κ2) is 24.4. The highest BCUT2D eigenvalue weighted by Crippen LogP contribution is 2.40. The van der Waals surface area contributed by atoms with Gasteiger partial charge in [0.25, 0.3) is 0 Å². The molecule has 60 heavy (non-hydrogen) atoms. The fourth-order valence-corrected chi connectivity index (χ4v) is 9.38. The Morgan fingerprint density at radius 3 is 1.00 bits per heavy atom. The molecular weight excluding hydrogens is 729 g/mol. The number of rotatable bonds is 27. The Balaban J connectivity index is 1.34. The molecule has 0 spiro atoms. The minimum absolute atomic E-state index is 0.423. The van der Waals surface area contributed by atoms with Crippen LogP contribution in [0.3, 0.4) is 0 Å². The highest BCUT2D eigenvalue weighted by molar-refractivity contribution is 6.54. The topological polar surface area (TPSA) is 34.1 Å². The summed E-state index contributed by atoms with van der Waals surface area (Å²) in [7, 11) is 0. The Morgan fingerprint density at radius 2 is 0.650 bits per heavy atom. The highest BCUT2D eigenvalue weighted by Gasteiger charge is 2.30. The fourth-order valence-electron chi connectivity index (χ4n) is 9.38. The van der Waals surface area contributed by atoms with E-state index in [0.717, 1.165) is 93.5 Å². The molecule has 2 nitrogen and oxygen atoms in total. The first-order chi connectivity index (χ1) is 29.6. The average Bonchev–Trinajstić information content (AvgIpc) is 3.29. The number of carbonyl (C=O) groups excluding carboxylic acids is 2. The van der Waals surface area contributed by atoms with Crippen molar-refractivity contribution < 1.29 is 9.59 Å². The molecule has 0 bridgehead atoms. The molecule has 0 saturated heterocycles. The first-order valence-corrected chi connectivity index (χ1v) is 23.9. The number of ketones is 2. The van der Waals surface area contributed by atoms with E-state index in [4.69, 9.17) is 0 Å². The first kappa shape index (κ1) is 44.7. The van der Waals surface area contributed by atoms with Crippen LogP contribution in [0.4, 0.5) is 0 Å². The predicted octanol–water partition coefficient (Wildman–Crippen LogP) is 17.3. The Bertz CT molecular complexity index is 2070. The van der Waals surface area contributed by atoms with E-state index in [1.54, 1.807) is 0 Å². The van der Waals surface area contributed by atoms with Gasteiger partial charge in [-0.3, -0.25) is 9.59 Å². The van der Waals surface area contributed by atoms with Gasteiger partial charge in [0.05, 0.1) is 0 Å². The van der Waals surface area contributed by atoms with Gasteiger partial charge in [-0.15, -0.1) is 0 Å². The third kappa shape index (κ3) is 12.1. The molecule has 0 fully saturated rings. The van der Waals surface area contributed by atoms with Gasteiger partial charge in [0.15, 0.2) is 0 Å². The van der Waals surface area contributed by atoms with E-state index in [1.807, 2.05) is 72.8 Å². The van der Waals surface area contributed by atoms with Gasteiger partial charge in [-0.25, -0.2) is 0 Å². The van der Waals surface area contributed by atoms with Gasteiger partial charge in [-0.2, -0.15) is 0 Å². The van der Waals surface area contributed by atoms with Gasteiger partial charge < -0.3 is 0 Å². The lowest BCUT2D eigenvalue weighted by molar-refractivity contribution is 0.0819. The second-order valence-corrected chi connectivity index (χ2v) is 17.3. The molecule has 0 heterocycles. The van der Waals surface area contributed by atoms with Crippen molar-refractivity contribution in [2.75, 3.05) is 0 Å². The number of fused-ring (bicyclic) bond motifs is 2. The number of hydrogen-bond donors (Lipinski definition) is 0. The van der Waals surface area contributed by atoms with Crippen LogP contribution in [0.25, 0.3) is 43.8 Å². The number of hydrogen-bond acceptors (Lipinski definition) is 2. The normalized spacial score (nSPS) is 11.4. The first-order valence-electron chi connectivity index (χ1n) is 23.9. The van der Waals surface area contributed by atoms with Crippen molar-refractivity contribution in [1.82, 2.24) is 0 Å². The summed E-state index contributed by atoms with van der Waals surface area (Å²) in [6.45, 7) is 4.55. The van der Waals surface area contributed by atoms with Gasteiger partial charge in [0, 0.05) is 11.1 Å². The maximum absolute atomic E-state index is 15.5. The molecule has 0 aromatic heterocycles. The zero-order valence-corrected chi connectivity index (χ0v) is 36.9. The molecule has 6 aromatic carbocycles. The fraction of sp³-hybridized carbons (Fsp3) is 0.414. The van der Waals surface area contributed by atoms with E-state index in [1.165, 1.54) is 103 Å². The molecule has 0 aliphatic carbocycles. The molecule has 0 atom stereocenters. The zero-order chi connectivity index (χ0) is 41.8. The summed E-state index contributed by atoms with van der Waals surface area (Å²) in [6.07, 6.45) is 27.2. The van der Waals surface area contributed by atoms with Gasteiger partial charge in [0.2, 0.25) is 11.6 Å². The summed E-state index contributed by atoms with van der Waals surface area (Å²) < 4.78 is 0. The molecule has 314 valence electrons. The van der Waals surface area contributed by atoms with E-state index < -0.39 is 11.6 Å². The van der Waals surface area contributed by atoms with Crippen LogP contribution >= 0.6 is 0 Å². The van der Waals surface area contributed by atoms with Crippen LogP contribution in [0, 0.1) is 0 Å². The largest absolute Gasteiger partial charge is 0.285 e. The lowest BCUT2D eigenvalue weighted by Gasteiger charge is -2.20. The van der Waals surface area contributed by atoms with Crippen molar-refractivity contribution >= 4 is 33.1 Å². The van der Waals surface area contributed by atoms with Crippen LogP contribution < -0.4 is 0 Å². The van der Waals surface area contributed by atoms with Gasteiger partial charge >= 0.3 is 0 Å². The molecule has 0 aliphatic rings. The molecule has 0 unspecified atom stereocenters. The lowest BCUT2D eigenvalue weighted by Crippen LogP contribution is -2.19. The van der Waals surface area contributed by atoms with E-state index >= 15 is 9.59 Å². The molecule has 2 heteroatoms. The smallest absolute Gasteiger partial charge is 0.234 e. The molecule has 6 rings (SSSR count). The lowest BCUT2D eigenvalue weighted by atomic mass is 9.81. The van der Waals surface area contributed by atoms with Crippen LogP contribution in [0.15, 0.2) is 121 Å². The Hall–Kier alpha value is -4.82. The van der Waals surface area contributed by atoms with Crippen molar-refractivity contribution in [3.8, 4) is 22.3 Å². The summed E-state index contributed by atoms with van der Waals surface area (Å²) in [4.78, 5) is 31.0. The number of Topliss-reactive ketones (excluding diaryl/α,β-unsaturated/α-hetero) is 2.